The van der Waals surface area contributed by atoms with Crippen LogP contribution in [0.3, 0.4) is 0 Å². The highest BCUT2D eigenvalue weighted by Crippen LogP contribution is 2.28. The van der Waals surface area contributed by atoms with Crippen LogP contribution in [0.2, 0.25) is 0 Å². The summed E-state index contributed by atoms with van der Waals surface area (Å²) in [6, 6.07) is 0.997. The van der Waals surface area contributed by atoms with E-state index in [-0.39, 0.29) is 5.92 Å². The van der Waals surface area contributed by atoms with Crippen LogP contribution < -0.4 is 0 Å². The molecule has 1 fully saturated rings. The lowest BCUT2D eigenvalue weighted by Gasteiger charge is -2.42. The van der Waals surface area contributed by atoms with Crippen molar-refractivity contribution < 1.29 is 4.79 Å². The highest BCUT2D eigenvalue weighted by molar-refractivity contribution is 5.78. The molecule has 0 bridgehead atoms. The molecule has 0 spiro atoms. The van der Waals surface area contributed by atoms with Crippen LogP contribution in [0.5, 0.6) is 0 Å². The number of hydrogen-bond acceptors (Lipinski definition) is 1. The van der Waals surface area contributed by atoms with Crippen molar-refractivity contribution in [3.8, 4) is 0 Å². The summed E-state index contributed by atoms with van der Waals surface area (Å²) in [5.41, 5.74) is 0. The Balaban J connectivity index is 2.78. The molecule has 0 aromatic carbocycles. The maximum Gasteiger partial charge on any atom is 0.225 e. The van der Waals surface area contributed by atoms with E-state index in [0.717, 1.165) is 12.8 Å². The molecule has 2 unspecified atom stereocenters. The van der Waals surface area contributed by atoms with Gasteiger partial charge in [-0.05, 0) is 32.1 Å². The molecular formula is C13H25NO. The Labute approximate surface area is 94.0 Å². The minimum absolute atomic E-state index is 0.145. The normalized spacial score (nSPS) is 27.1. The summed E-state index contributed by atoms with van der Waals surface area (Å²) in [7, 11) is 0. The second-order valence-corrected chi connectivity index (χ2v) is 4.96. The van der Waals surface area contributed by atoms with Crippen LogP contribution in [-0.2, 0) is 4.79 Å². The summed E-state index contributed by atoms with van der Waals surface area (Å²) in [5.74, 6) is 0.500. The molecule has 1 heterocycles. The number of piperidine rings is 1. The van der Waals surface area contributed by atoms with E-state index in [1.54, 1.807) is 0 Å². The predicted molar refractivity (Wildman–Crippen MR) is 63.7 cm³/mol. The Morgan fingerprint density at radius 1 is 1.20 bits per heavy atom. The predicted octanol–water partition coefficient (Wildman–Crippen LogP) is 3.21. The third-order valence-electron chi connectivity index (χ3n) is 3.55. The first-order chi connectivity index (χ1) is 7.11. The molecule has 15 heavy (non-hydrogen) atoms. The van der Waals surface area contributed by atoms with E-state index in [0.29, 0.717) is 18.0 Å². The number of hydrogen-bond donors (Lipinski definition) is 0. The van der Waals surface area contributed by atoms with Gasteiger partial charge < -0.3 is 4.90 Å². The van der Waals surface area contributed by atoms with Gasteiger partial charge in [-0.1, -0.05) is 27.7 Å². The zero-order valence-electron chi connectivity index (χ0n) is 10.6. The van der Waals surface area contributed by atoms with Crippen molar-refractivity contribution in [2.45, 2.75) is 71.9 Å². The van der Waals surface area contributed by atoms with E-state index < -0.39 is 0 Å². The maximum atomic E-state index is 12.2. The fourth-order valence-corrected chi connectivity index (χ4v) is 2.63. The standard InChI is InChI=1S/C13H25NO/c1-5-11-8-7-9-12(6-2)14(11)13(15)10(3)4/h10-12H,5-9H2,1-4H3. The Morgan fingerprint density at radius 2 is 1.67 bits per heavy atom. The van der Waals surface area contributed by atoms with Crippen molar-refractivity contribution >= 4 is 5.91 Å². The van der Waals surface area contributed by atoms with Gasteiger partial charge in [0.1, 0.15) is 0 Å². The first-order valence-corrected chi connectivity index (χ1v) is 6.43. The average molecular weight is 211 g/mol. The van der Waals surface area contributed by atoms with Gasteiger partial charge in [0.2, 0.25) is 5.91 Å². The van der Waals surface area contributed by atoms with Crippen molar-refractivity contribution in [2.24, 2.45) is 5.92 Å². The van der Waals surface area contributed by atoms with Gasteiger partial charge >= 0.3 is 0 Å². The topological polar surface area (TPSA) is 20.3 Å². The second kappa shape index (κ2) is 5.53. The minimum Gasteiger partial charge on any atom is -0.337 e. The molecule has 0 aliphatic carbocycles. The molecule has 0 N–H and O–H groups in total. The first-order valence-electron chi connectivity index (χ1n) is 6.43. The van der Waals surface area contributed by atoms with Crippen molar-refractivity contribution in [1.82, 2.24) is 4.90 Å². The van der Waals surface area contributed by atoms with E-state index in [1.165, 1.54) is 19.3 Å². The van der Waals surface area contributed by atoms with Crippen molar-refractivity contribution in [1.29, 1.82) is 0 Å². The average Bonchev–Trinajstić information content (AvgIpc) is 2.26. The Bertz CT molecular complexity index is 201. The molecule has 1 aliphatic heterocycles. The number of rotatable bonds is 3. The zero-order valence-corrected chi connectivity index (χ0v) is 10.6. The molecule has 2 nitrogen and oxygen atoms in total. The van der Waals surface area contributed by atoms with E-state index >= 15 is 0 Å². The van der Waals surface area contributed by atoms with E-state index in [4.69, 9.17) is 0 Å². The number of amides is 1. The summed E-state index contributed by atoms with van der Waals surface area (Å²) < 4.78 is 0. The SMILES string of the molecule is CCC1CCCC(CC)N1C(=O)C(C)C. The Hall–Kier alpha value is -0.530. The lowest BCUT2D eigenvalue weighted by Crippen LogP contribution is -2.51. The van der Waals surface area contributed by atoms with Gasteiger partial charge in [0.15, 0.2) is 0 Å². The van der Waals surface area contributed by atoms with Crippen molar-refractivity contribution in [2.75, 3.05) is 0 Å². The van der Waals surface area contributed by atoms with Crippen LogP contribution in [0.25, 0.3) is 0 Å². The number of nitrogens with zero attached hydrogens (tertiary/aromatic N) is 1. The van der Waals surface area contributed by atoms with Gasteiger partial charge in [-0.25, -0.2) is 0 Å². The van der Waals surface area contributed by atoms with Gasteiger partial charge in [0.05, 0.1) is 0 Å². The molecule has 1 aliphatic rings. The lowest BCUT2D eigenvalue weighted by molar-refractivity contribution is -0.141. The third kappa shape index (κ3) is 2.73. The van der Waals surface area contributed by atoms with Crippen LogP contribution in [0.4, 0.5) is 0 Å². The van der Waals surface area contributed by atoms with Crippen LogP contribution in [0.15, 0.2) is 0 Å². The highest BCUT2D eigenvalue weighted by atomic mass is 16.2. The minimum atomic E-state index is 0.145. The van der Waals surface area contributed by atoms with E-state index in [1.807, 2.05) is 13.8 Å². The molecular weight excluding hydrogens is 186 g/mol. The number of carbonyl (C=O) groups is 1. The van der Waals surface area contributed by atoms with Gasteiger partial charge in [-0.2, -0.15) is 0 Å². The lowest BCUT2D eigenvalue weighted by atomic mass is 9.91. The van der Waals surface area contributed by atoms with Crippen LogP contribution in [0.1, 0.15) is 59.8 Å². The summed E-state index contributed by atoms with van der Waals surface area (Å²) in [6.45, 7) is 8.42. The Morgan fingerprint density at radius 3 is 2.00 bits per heavy atom. The summed E-state index contributed by atoms with van der Waals surface area (Å²) in [4.78, 5) is 14.4. The first kappa shape index (κ1) is 12.5. The molecule has 0 radical (unpaired) electrons. The molecule has 88 valence electrons. The molecule has 0 aromatic rings. The van der Waals surface area contributed by atoms with E-state index in [2.05, 4.69) is 18.7 Å². The molecule has 0 aromatic heterocycles. The molecule has 0 saturated carbocycles. The Kier molecular flexibility index (Phi) is 4.62. The number of likely N-dealkylation sites (tertiary alicyclic amines) is 1. The quantitative estimate of drug-likeness (QED) is 0.702. The summed E-state index contributed by atoms with van der Waals surface area (Å²) in [6.07, 6.45) is 5.90. The van der Waals surface area contributed by atoms with Gasteiger partial charge in [-0.15, -0.1) is 0 Å². The third-order valence-corrected chi connectivity index (χ3v) is 3.55. The van der Waals surface area contributed by atoms with Gasteiger partial charge in [0, 0.05) is 18.0 Å². The molecule has 1 rings (SSSR count). The van der Waals surface area contributed by atoms with Crippen LogP contribution >= 0.6 is 0 Å². The van der Waals surface area contributed by atoms with E-state index in [9.17, 15) is 4.79 Å². The smallest absolute Gasteiger partial charge is 0.225 e. The van der Waals surface area contributed by atoms with Crippen LogP contribution in [-0.4, -0.2) is 22.9 Å². The molecule has 2 heteroatoms. The summed E-state index contributed by atoms with van der Waals surface area (Å²) >= 11 is 0. The fraction of sp³-hybridized carbons (Fsp3) is 0.923. The van der Waals surface area contributed by atoms with Crippen LogP contribution in [0, 0.1) is 5.92 Å². The highest BCUT2D eigenvalue weighted by Gasteiger charge is 2.32. The van der Waals surface area contributed by atoms with Crippen molar-refractivity contribution in [3.63, 3.8) is 0 Å². The molecule has 1 saturated heterocycles. The largest absolute Gasteiger partial charge is 0.337 e. The monoisotopic (exact) mass is 211 g/mol. The number of carbonyl (C=O) groups excluding carboxylic acids is 1. The molecule has 2 atom stereocenters. The van der Waals surface area contributed by atoms with Gasteiger partial charge in [-0.3, -0.25) is 4.79 Å². The zero-order chi connectivity index (χ0) is 11.4. The summed E-state index contributed by atoms with van der Waals surface area (Å²) in [5, 5.41) is 0. The fourth-order valence-electron chi connectivity index (χ4n) is 2.63. The second-order valence-electron chi connectivity index (χ2n) is 4.96. The van der Waals surface area contributed by atoms with Crippen molar-refractivity contribution in [3.05, 3.63) is 0 Å². The maximum absolute atomic E-state index is 12.2. The molecule has 1 amide bonds. The van der Waals surface area contributed by atoms with Gasteiger partial charge in [0.25, 0.3) is 0 Å².